The summed E-state index contributed by atoms with van der Waals surface area (Å²) in [7, 11) is 3.44. The molecule has 6 nitrogen and oxygen atoms in total. The number of amides is 2. The number of nitrogens with zero attached hydrogens (tertiary/aromatic N) is 3. The summed E-state index contributed by atoms with van der Waals surface area (Å²) < 4.78 is 0. The lowest BCUT2D eigenvalue weighted by Crippen LogP contribution is -2.37. The predicted octanol–water partition coefficient (Wildman–Crippen LogP) is 1.94. The van der Waals surface area contributed by atoms with Crippen molar-refractivity contribution in [3.8, 4) is 0 Å². The standard InChI is InChI=1S/C13H19N5OS/c1-4-10-16-11(9-5-8-20-12(9)17-10)14-6-7-15-13(19)18(2)3/h5,8H,4,6-7H2,1-3H3,(H,15,19)(H,14,16,17). The van der Waals surface area contributed by atoms with Gasteiger partial charge in [-0.25, -0.2) is 14.8 Å². The van der Waals surface area contributed by atoms with Crippen molar-refractivity contribution in [2.75, 3.05) is 32.5 Å². The number of hydrogen-bond acceptors (Lipinski definition) is 5. The Hall–Kier alpha value is -1.89. The molecular weight excluding hydrogens is 274 g/mol. The van der Waals surface area contributed by atoms with E-state index in [2.05, 4.69) is 20.6 Å². The van der Waals surface area contributed by atoms with Crippen molar-refractivity contribution < 1.29 is 4.79 Å². The first-order valence-corrected chi connectivity index (χ1v) is 7.43. The van der Waals surface area contributed by atoms with Crippen LogP contribution in [0.25, 0.3) is 10.2 Å². The first-order chi connectivity index (χ1) is 9.61. The van der Waals surface area contributed by atoms with Crippen LogP contribution in [0, 0.1) is 0 Å². The van der Waals surface area contributed by atoms with Gasteiger partial charge in [-0.1, -0.05) is 6.92 Å². The molecule has 0 aliphatic heterocycles. The van der Waals surface area contributed by atoms with Crippen LogP contribution < -0.4 is 10.6 Å². The van der Waals surface area contributed by atoms with Gasteiger partial charge in [-0.15, -0.1) is 11.3 Å². The molecular formula is C13H19N5OS. The molecule has 7 heteroatoms. The minimum absolute atomic E-state index is 0.0931. The Balaban J connectivity index is 1.99. The Morgan fingerprint density at radius 3 is 2.85 bits per heavy atom. The molecule has 0 unspecified atom stereocenters. The average Bonchev–Trinajstić information content (AvgIpc) is 2.91. The Morgan fingerprint density at radius 1 is 1.35 bits per heavy atom. The topological polar surface area (TPSA) is 70.2 Å². The summed E-state index contributed by atoms with van der Waals surface area (Å²) in [6.45, 7) is 3.22. The van der Waals surface area contributed by atoms with E-state index < -0.39 is 0 Å². The Bertz CT molecular complexity index is 595. The molecule has 0 atom stereocenters. The van der Waals surface area contributed by atoms with Gasteiger partial charge >= 0.3 is 6.03 Å². The van der Waals surface area contributed by atoms with Crippen LogP contribution in [0.3, 0.4) is 0 Å². The number of rotatable bonds is 5. The van der Waals surface area contributed by atoms with E-state index >= 15 is 0 Å². The highest BCUT2D eigenvalue weighted by Gasteiger charge is 2.08. The summed E-state index contributed by atoms with van der Waals surface area (Å²) in [4.78, 5) is 22.9. The molecule has 0 saturated carbocycles. The number of anilines is 1. The summed E-state index contributed by atoms with van der Waals surface area (Å²) in [6.07, 6.45) is 0.805. The average molecular weight is 293 g/mol. The van der Waals surface area contributed by atoms with Gasteiger partial charge in [0.2, 0.25) is 0 Å². The molecule has 2 heterocycles. The summed E-state index contributed by atoms with van der Waals surface area (Å²) in [5.41, 5.74) is 0. The van der Waals surface area contributed by atoms with Crippen molar-refractivity contribution in [2.45, 2.75) is 13.3 Å². The van der Waals surface area contributed by atoms with Crippen molar-refractivity contribution in [3.05, 3.63) is 17.3 Å². The number of aryl methyl sites for hydroxylation is 1. The lowest BCUT2D eigenvalue weighted by Gasteiger charge is -2.13. The van der Waals surface area contributed by atoms with E-state index in [1.54, 1.807) is 25.4 Å². The minimum Gasteiger partial charge on any atom is -0.368 e. The van der Waals surface area contributed by atoms with E-state index in [1.807, 2.05) is 18.4 Å². The van der Waals surface area contributed by atoms with Gasteiger partial charge < -0.3 is 15.5 Å². The monoisotopic (exact) mass is 293 g/mol. The highest BCUT2D eigenvalue weighted by Crippen LogP contribution is 2.24. The van der Waals surface area contributed by atoms with Gasteiger partial charge in [0.15, 0.2) is 0 Å². The Morgan fingerprint density at radius 2 is 2.15 bits per heavy atom. The van der Waals surface area contributed by atoms with Gasteiger partial charge in [-0.05, 0) is 11.4 Å². The normalized spacial score (nSPS) is 10.6. The number of nitrogens with one attached hydrogen (secondary N) is 2. The molecule has 108 valence electrons. The van der Waals surface area contributed by atoms with Crippen molar-refractivity contribution in [2.24, 2.45) is 0 Å². The van der Waals surface area contributed by atoms with E-state index in [0.717, 1.165) is 28.3 Å². The van der Waals surface area contributed by atoms with Crippen molar-refractivity contribution >= 4 is 33.4 Å². The third kappa shape index (κ3) is 3.36. The molecule has 2 N–H and O–H groups in total. The maximum absolute atomic E-state index is 11.4. The number of thiophene rings is 1. The van der Waals surface area contributed by atoms with Crippen LogP contribution in [0.4, 0.5) is 10.6 Å². The first kappa shape index (κ1) is 14.5. The molecule has 2 rings (SSSR count). The van der Waals surface area contributed by atoms with Gasteiger partial charge in [-0.3, -0.25) is 0 Å². The van der Waals surface area contributed by atoms with Crippen LogP contribution in [0.1, 0.15) is 12.7 Å². The summed E-state index contributed by atoms with van der Waals surface area (Å²) in [6, 6.07) is 1.92. The minimum atomic E-state index is -0.0931. The highest BCUT2D eigenvalue weighted by atomic mass is 32.1. The van der Waals surface area contributed by atoms with Gasteiger partial charge in [0.25, 0.3) is 0 Å². The van der Waals surface area contributed by atoms with Crippen LogP contribution in [0.2, 0.25) is 0 Å². The molecule has 0 aliphatic rings. The number of urea groups is 1. The van der Waals surface area contributed by atoms with Crippen LogP contribution in [0.5, 0.6) is 0 Å². The molecule has 0 bridgehead atoms. The van der Waals surface area contributed by atoms with Crippen LogP contribution in [-0.2, 0) is 6.42 Å². The molecule has 0 radical (unpaired) electrons. The van der Waals surface area contributed by atoms with Crippen molar-refractivity contribution in [1.29, 1.82) is 0 Å². The summed E-state index contributed by atoms with van der Waals surface area (Å²) in [5, 5.41) is 9.12. The summed E-state index contributed by atoms with van der Waals surface area (Å²) in [5.74, 6) is 1.67. The third-order valence-electron chi connectivity index (χ3n) is 2.79. The van der Waals surface area contributed by atoms with Gasteiger partial charge in [0, 0.05) is 33.6 Å². The Kier molecular flexibility index (Phi) is 4.73. The van der Waals surface area contributed by atoms with E-state index in [-0.39, 0.29) is 6.03 Å². The number of fused-ring (bicyclic) bond motifs is 1. The zero-order chi connectivity index (χ0) is 14.5. The summed E-state index contributed by atoms with van der Waals surface area (Å²) >= 11 is 1.61. The molecule has 2 aromatic rings. The second-order valence-corrected chi connectivity index (χ2v) is 5.43. The smallest absolute Gasteiger partial charge is 0.316 e. The van der Waals surface area contributed by atoms with Crippen LogP contribution in [0.15, 0.2) is 11.4 Å². The molecule has 0 fully saturated rings. The molecule has 2 amide bonds. The zero-order valence-corrected chi connectivity index (χ0v) is 12.8. The second kappa shape index (κ2) is 6.51. The number of carbonyl (C=O) groups excluding carboxylic acids is 1. The molecule has 0 aliphatic carbocycles. The molecule has 0 saturated heterocycles. The zero-order valence-electron chi connectivity index (χ0n) is 11.9. The van der Waals surface area contributed by atoms with Crippen LogP contribution >= 0.6 is 11.3 Å². The SMILES string of the molecule is CCc1nc(NCCNC(=O)N(C)C)c2ccsc2n1. The molecule has 0 spiro atoms. The highest BCUT2D eigenvalue weighted by molar-refractivity contribution is 7.16. The van der Waals surface area contributed by atoms with Crippen molar-refractivity contribution in [3.63, 3.8) is 0 Å². The van der Waals surface area contributed by atoms with E-state index in [4.69, 9.17) is 0 Å². The van der Waals surface area contributed by atoms with E-state index in [1.165, 1.54) is 4.90 Å². The maximum Gasteiger partial charge on any atom is 0.316 e. The van der Waals surface area contributed by atoms with Gasteiger partial charge in [-0.2, -0.15) is 0 Å². The largest absolute Gasteiger partial charge is 0.368 e. The quantitative estimate of drug-likeness (QED) is 0.827. The fraction of sp³-hybridized carbons (Fsp3) is 0.462. The lowest BCUT2D eigenvalue weighted by molar-refractivity contribution is 0.218. The maximum atomic E-state index is 11.4. The van der Waals surface area contributed by atoms with Crippen molar-refractivity contribution in [1.82, 2.24) is 20.2 Å². The number of aromatic nitrogens is 2. The fourth-order valence-corrected chi connectivity index (χ4v) is 2.48. The van der Waals surface area contributed by atoms with Crippen LogP contribution in [-0.4, -0.2) is 48.1 Å². The Labute approximate surface area is 122 Å². The number of carbonyl (C=O) groups is 1. The van der Waals surface area contributed by atoms with E-state index in [0.29, 0.717) is 13.1 Å². The van der Waals surface area contributed by atoms with E-state index in [9.17, 15) is 4.79 Å². The fourth-order valence-electron chi connectivity index (χ4n) is 1.70. The molecule has 0 aromatic carbocycles. The lowest BCUT2D eigenvalue weighted by atomic mass is 10.3. The third-order valence-corrected chi connectivity index (χ3v) is 3.59. The molecule has 2 aromatic heterocycles. The second-order valence-electron chi connectivity index (χ2n) is 4.53. The molecule has 20 heavy (non-hydrogen) atoms. The first-order valence-electron chi connectivity index (χ1n) is 6.55. The predicted molar refractivity (Wildman–Crippen MR) is 82.4 cm³/mol. The number of hydrogen-bond donors (Lipinski definition) is 2. The van der Waals surface area contributed by atoms with Gasteiger partial charge in [0.1, 0.15) is 16.5 Å². The van der Waals surface area contributed by atoms with Gasteiger partial charge in [0.05, 0.1) is 5.39 Å².